The molecule has 1 aliphatic heterocycles. The number of likely N-dealkylation sites (tertiary alicyclic amines) is 1. The normalized spacial score (nSPS) is 14.4. The van der Waals surface area contributed by atoms with Gasteiger partial charge in [0.2, 0.25) is 0 Å². The number of benzene rings is 2. The number of nitriles is 1. The largest absolute Gasteiger partial charge is 0.465 e. The van der Waals surface area contributed by atoms with E-state index in [2.05, 4.69) is 48.4 Å². The van der Waals surface area contributed by atoms with Gasteiger partial charge in [0.1, 0.15) is 5.52 Å². The monoisotopic (exact) mass is 437 g/mol. The first-order chi connectivity index (χ1) is 16.0. The summed E-state index contributed by atoms with van der Waals surface area (Å²) in [6.07, 6.45) is 2.36. The minimum atomic E-state index is -0.869. The first-order valence-corrected chi connectivity index (χ1v) is 11.0. The molecule has 5 rings (SSSR count). The van der Waals surface area contributed by atoms with Crippen LogP contribution in [0.15, 0.2) is 60.8 Å². The quantitative estimate of drug-likeness (QED) is 0.472. The van der Waals surface area contributed by atoms with Crippen molar-refractivity contribution in [3.05, 3.63) is 71.9 Å². The Labute approximate surface area is 191 Å². The lowest BCUT2D eigenvalue weighted by Gasteiger charge is -2.30. The van der Waals surface area contributed by atoms with Crippen molar-refractivity contribution in [3.63, 3.8) is 0 Å². The Balaban J connectivity index is 1.62. The SMILES string of the molecule is Cc1ccc(-c2nc3cnn(C4CCN(C(=O)O)CC4)c3cc2-c2ccc(C#N)cc2)cc1. The Kier molecular flexibility index (Phi) is 5.27. The molecule has 0 bridgehead atoms. The van der Waals surface area contributed by atoms with Gasteiger partial charge in [-0.05, 0) is 43.5 Å². The van der Waals surface area contributed by atoms with Gasteiger partial charge in [-0.25, -0.2) is 9.78 Å². The zero-order valence-corrected chi connectivity index (χ0v) is 18.3. The lowest BCUT2D eigenvalue weighted by Crippen LogP contribution is -2.38. The van der Waals surface area contributed by atoms with Crippen LogP contribution in [-0.2, 0) is 0 Å². The second-order valence-corrected chi connectivity index (χ2v) is 8.43. The number of pyridine rings is 1. The molecule has 0 unspecified atom stereocenters. The average molecular weight is 438 g/mol. The topological polar surface area (TPSA) is 95.0 Å². The van der Waals surface area contributed by atoms with Crippen molar-refractivity contribution in [1.29, 1.82) is 5.26 Å². The molecule has 0 spiro atoms. The molecule has 1 N–H and O–H groups in total. The van der Waals surface area contributed by atoms with Gasteiger partial charge < -0.3 is 10.0 Å². The maximum absolute atomic E-state index is 11.3. The minimum absolute atomic E-state index is 0.124. The van der Waals surface area contributed by atoms with Gasteiger partial charge >= 0.3 is 6.09 Å². The van der Waals surface area contributed by atoms with Crippen LogP contribution in [0.4, 0.5) is 4.79 Å². The Hall–Kier alpha value is -4.18. The van der Waals surface area contributed by atoms with Crippen LogP contribution in [0.2, 0.25) is 0 Å². The molecule has 2 aromatic heterocycles. The van der Waals surface area contributed by atoms with Crippen molar-refractivity contribution in [2.75, 3.05) is 13.1 Å². The second kappa shape index (κ2) is 8.40. The van der Waals surface area contributed by atoms with E-state index in [0.29, 0.717) is 18.7 Å². The maximum Gasteiger partial charge on any atom is 0.407 e. The Morgan fingerprint density at radius 1 is 1.06 bits per heavy atom. The van der Waals surface area contributed by atoms with E-state index in [9.17, 15) is 15.2 Å². The lowest BCUT2D eigenvalue weighted by molar-refractivity contribution is 0.124. The van der Waals surface area contributed by atoms with Gasteiger partial charge in [-0.15, -0.1) is 0 Å². The fourth-order valence-corrected chi connectivity index (χ4v) is 4.44. The molecule has 0 saturated carbocycles. The fourth-order valence-electron chi connectivity index (χ4n) is 4.44. The van der Waals surface area contributed by atoms with Gasteiger partial charge in [0, 0.05) is 24.2 Å². The third-order valence-electron chi connectivity index (χ3n) is 6.31. The predicted octanol–water partition coefficient (Wildman–Crippen LogP) is 5.26. The number of rotatable bonds is 3. The number of aryl methyl sites for hydroxylation is 1. The number of piperidine rings is 1. The summed E-state index contributed by atoms with van der Waals surface area (Å²) in [5, 5.41) is 23.1. The van der Waals surface area contributed by atoms with E-state index in [1.807, 2.05) is 28.9 Å². The average Bonchev–Trinajstić information content (AvgIpc) is 3.27. The molecule has 4 aromatic rings. The number of aromatic nitrogens is 3. The van der Waals surface area contributed by atoms with Gasteiger partial charge in [-0.2, -0.15) is 10.4 Å². The summed E-state index contributed by atoms with van der Waals surface area (Å²) in [5.41, 5.74) is 7.37. The number of amides is 1. The molecule has 1 fully saturated rings. The summed E-state index contributed by atoms with van der Waals surface area (Å²) in [6.45, 7) is 3.05. The zero-order valence-electron chi connectivity index (χ0n) is 18.3. The summed E-state index contributed by atoms with van der Waals surface area (Å²) >= 11 is 0. The zero-order chi connectivity index (χ0) is 22.9. The van der Waals surface area contributed by atoms with Crippen molar-refractivity contribution in [1.82, 2.24) is 19.7 Å². The van der Waals surface area contributed by atoms with Crippen LogP contribution in [0.3, 0.4) is 0 Å². The van der Waals surface area contributed by atoms with Gasteiger partial charge in [0.25, 0.3) is 0 Å². The van der Waals surface area contributed by atoms with E-state index in [0.717, 1.165) is 46.3 Å². The van der Waals surface area contributed by atoms with Crippen molar-refractivity contribution < 1.29 is 9.90 Å². The highest BCUT2D eigenvalue weighted by Crippen LogP contribution is 2.35. The number of fused-ring (bicyclic) bond motifs is 1. The molecular formula is C26H23N5O2. The van der Waals surface area contributed by atoms with E-state index in [4.69, 9.17) is 4.98 Å². The molecule has 2 aromatic carbocycles. The van der Waals surface area contributed by atoms with Crippen LogP contribution < -0.4 is 0 Å². The van der Waals surface area contributed by atoms with Crippen LogP contribution in [-0.4, -0.2) is 44.0 Å². The number of carbonyl (C=O) groups is 1. The third-order valence-corrected chi connectivity index (χ3v) is 6.31. The molecule has 33 heavy (non-hydrogen) atoms. The van der Waals surface area contributed by atoms with Gasteiger partial charge in [-0.3, -0.25) is 4.68 Å². The van der Waals surface area contributed by atoms with E-state index in [-0.39, 0.29) is 6.04 Å². The number of hydrogen-bond donors (Lipinski definition) is 1. The third kappa shape index (κ3) is 3.92. The van der Waals surface area contributed by atoms with Gasteiger partial charge in [0.05, 0.1) is 35.1 Å². The molecule has 0 aliphatic carbocycles. The summed E-state index contributed by atoms with van der Waals surface area (Å²) < 4.78 is 1.99. The van der Waals surface area contributed by atoms with Crippen LogP contribution >= 0.6 is 0 Å². The first-order valence-electron chi connectivity index (χ1n) is 11.0. The van der Waals surface area contributed by atoms with E-state index < -0.39 is 6.09 Å². The summed E-state index contributed by atoms with van der Waals surface area (Å²) in [5.74, 6) is 0. The van der Waals surface area contributed by atoms with Crippen molar-refractivity contribution in [2.24, 2.45) is 0 Å². The fraction of sp³-hybridized carbons (Fsp3) is 0.231. The van der Waals surface area contributed by atoms with E-state index in [1.165, 1.54) is 10.5 Å². The van der Waals surface area contributed by atoms with Crippen LogP contribution in [0.25, 0.3) is 33.4 Å². The number of hydrogen-bond acceptors (Lipinski definition) is 4. The molecule has 1 aliphatic rings. The standard InChI is InChI=1S/C26H23N5O2/c1-17-2-6-20(7-3-17)25-22(19-8-4-18(15-27)5-9-19)14-24-23(29-25)16-28-31(24)21-10-12-30(13-11-21)26(32)33/h2-9,14,16,21H,10-13H2,1H3,(H,32,33). The van der Waals surface area contributed by atoms with Gasteiger partial charge in [-0.1, -0.05) is 42.0 Å². The number of nitrogens with zero attached hydrogens (tertiary/aromatic N) is 5. The minimum Gasteiger partial charge on any atom is -0.465 e. The lowest BCUT2D eigenvalue weighted by atomic mass is 9.97. The van der Waals surface area contributed by atoms with Crippen LogP contribution in [0, 0.1) is 18.3 Å². The molecule has 3 heterocycles. The summed E-state index contributed by atoms with van der Waals surface area (Å²) in [4.78, 5) is 17.7. The first kappa shape index (κ1) is 20.7. The molecule has 7 heteroatoms. The molecule has 164 valence electrons. The van der Waals surface area contributed by atoms with Crippen LogP contribution in [0.5, 0.6) is 0 Å². The molecule has 7 nitrogen and oxygen atoms in total. The highest BCUT2D eigenvalue weighted by molar-refractivity contribution is 5.90. The molecule has 0 atom stereocenters. The smallest absolute Gasteiger partial charge is 0.407 e. The summed E-state index contributed by atoms with van der Waals surface area (Å²) in [7, 11) is 0. The maximum atomic E-state index is 11.3. The van der Waals surface area contributed by atoms with E-state index in [1.54, 1.807) is 6.20 Å². The van der Waals surface area contributed by atoms with Crippen molar-refractivity contribution in [2.45, 2.75) is 25.8 Å². The highest BCUT2D eigenvalue weighted by atomic mass is 16.4. The predicted molar refractivity (Wildman–Crippen MR) is 126 cm³/mol. The summed E-state index contributed by atoms with van der Waals surface area (Å²) in [6, 6.07) is 20.2. The van der Waals surface area contributed by atoms with Crippen molar-refractivity contribution in [3.8, 4) is 28.5 Å². The molecule has 0 radical (unpaired) electrons. The molecular weight excluding hydrogens is 414 g/mol. The van der Waals surface area contributed by atoms with E-state index >= 15 is 0 Å². The Morgan fingerprint density at radius 2 is 1.73 bits per heavy atom. The Morgan fingerprint density at radius 3 is 2.36 bits per heavy atom. The molecule has 1 saturated heterocycles. The Bertz CT molecular complexity index is 1360. The number of carboxylic acid groups (broad SMARTS) is 1. The van der Waals surface area contributed by atoms with Gasteiger partial charge in [0.15, 0.2) is 0 Å². The van der Waals surface area contributed by atoms with Crippen molar-refractivity contribution >= 4 is 17.1 Å². The molecule has 1 amide bonds. The highest BCUT2D eigenvalue weighted by Gasteiger charge is 2.25. The second-order valence-electron chi connectivity index (χ2n) is 8.43. The van der Waals surface area contributed by atoms with Crippen LogP contribution in [0.1, 0.15) is 30.0 Å².